The van der Waals surface area contributed by atoms with E-state index in [4.69, 9.17) is 11.6 Å². The molecule has 3 rings (SSSR count). The van der Waals surface area contributed by atoms with Gasteiger partial charge in [-0.2, -0.15) is 0 Å². The predicted molar refractivity (Wildman–Crippen MR) is 108 cm³/mol. The van der Waals surface area contributed by atoms with Gasteiger partial charge in [-0.15, -0.1) is 11.3 Å². The summed E-state index contributed by atoms with van der Waals surface area (Å²) < 4.78 is 0.880. The Balaban J connectivity index is 1.74. The molecular formula is C19H16BrClN2OS. The van der Waals surface area contributed by atoms with Crippen molar-refractivity contribution in [3.05, 3.63) is 79.2 Å². The maximum absolute atomic E-state index is 12.3. The van der Waals surface area contributed by atoms with Gasteiger partial charge in [0.1, 0.15) is 0 Å². The summed E-state index contributed by atoms with van der Waals surface area (Å²) in [6.45, 7) is 3.94. The number of nitrogens with one attached hydrogen (secondary N) is 1. The van der Waals surface area contributed by atoms with Gasteiger partial charge in [0, 0.05) is 21.3 Å². The van der Waals surface area contributed by atoms with Gasteiger partial charge >= 0.3 is 0 Å². The molecule has 0 unspecified atom stereocenters. The van der Waals surface area contributed by atoms with Crippen molar-refractivity contribution in [2.45, 2.75) is 20.3 Å². The fourth-order valence-electron chi connectivity index (χ4n) is 2.35. The highest BCUT2D eigenvalue weighted by Gasteiger charge is 2.13. The van der Waals surface area contributed by atoms with Crippen LogP contribution >= 0.6 is 38.9 Å². The number of anilines is 1. The molecule has 0 fully saturated rings. The monoisotopic (exact) mass is 434 g/mol. The fraction of sp³-hybridized carbons (Fsp3) is 0.158. The molecule has 0 saturated carbocycles. The van der Waals surface area contributed by atoms with Crippen LogP contribution in [0.1, 0.15) is 32.1 Å². The third-order valence-electron chi connectivity index (χ3n) is 3.78. The number of benzene rings is 2. The van der Waals surface area contributed by atoms with Crippen LogP contribution in [0, 0.1) is 13.8 Å². The van der Waals surface area contributed by atoms with Crippen LogP contribution in [0.4, 0.5) is 5.13 Å². The number of thiazole rings is 1. The number of aryl methyl sites for hydroxylation is 2. The van der Waals surface area contributed by atoms with Crippen molar-refractivity contribution in [2.75, 3.05) is 5.32 Å². The maximum atomic E-state index is 12.3. The summed E-state index contributed by atoms with van der Waals surface area (Å²) >= 11 is 11.0. The van der Waals surface area contributed by atoms with Crippen molar-refractivity contribution < 1.29 is 4.79 Å². The fourth-order valence-corrected chi connectivity index (χ4v) is 3.80. The van der Waals surface area contributed by atoms with E-state index in [-0.39, 0.29) is 5.91 Å². The molecule has 0 spiro atoms. The van der Waals surface area contributed by atoms with Gasteiger partial charge < -0.3 is 0 Å². The molecule has 128 valence electrons. The summed E-state index contributed by atoms with van der Waals surface area (Å²) in [4.78, 5) is 17.9. The first-order valence-corrected chi connectivity index (χ1v) is 9.69. The lowest BCUT2D eigenvalue weighted by Crippen LogP contribution is -2.11. The highest BCUT2D eigenvalue weighted by Crippen LogP contribution is 2.28. The van der Waals surface area contributed by atoms with Crippen molar-refractivity contribution in [2.24, 2.45) is 0 Å². The molecule has 3 nitrogen and oxygen atoms in total. The van der Waals surface area contributed by atoms with Gasteiger partial charge in [-0.05, 0) is 59.6 Å². The summed E-state index contributed by atoms with van der Waals surface area (Å²) in [5, 5.41) is 4.18. The van der Waals surface area contributed by atoms with E-state index in [9.17, 15) is 4.79 Å². The highest BCUT2D eigenvalue weighted by molar-refractivity contribution is 9.10. The summed E-state index contributed by atoms with van der Waals surface area (Å²) in [5.41, 5.74) is 3.77. The number of nitrogens with zero attached hydrogens (tertiary/aromatic N) is 1. The first-order chi connectivity index (χ1) is 11.9. The molecule has 0 bridgehead atoms. The molecule has 0 aliphatic heterocycles. The summed E-state index contributed by atoms with van der Waals surface area (Å²) in [6.07, 6.45) is 0.733. The van der Waals surface area contributed by atoms with E-state index in [0.717, 1.165) is 32.6 Å². The number of amides is 1. The van der Waals surface area contributed by atoms with Crippen LogP contribution in [0.15, 0.2) is 46.9 Å². The molecule has 6 heteroatoms. The van der Waals surface area contributed by atoms with Crippen molar-refractivity contribution in [1.82, 2.24) is 4.98 Å². The minimum atomic E-state index is -0.146. The quantitative estimate of drug-likeness (QED) is 0.544. The number of hydrogen-bond donors (Lipinski definition) is 1. The molecule has 2 aromatic carbocycles. The summed E-state index contributed by atoms with van der Waals surface area (Å²) in [5.74, 6) is -0.146. The minimum Gasteiger partial charge on any atom is -0.298 e. The molecule has 1 heterocycles. The first kappa shape index (κ1) is 18.1. The highest BCUT2D eigenvalue weighted by atomic mass is 79.9. The van der Waals surface area contributed by atoms with Crippen molar-refractivity contribution >= 4 is 49.9 Å². The Morgan fingerprint density at radius 3 is 2.60 bits per heavy atom. The lowest BCUT2D eigenvalue weighted by molar-refractivity contribution is 0.102. The molecule has 25 heavy (non-hydrogen) atoms. The lowest BCUT2D eigenvalue weighted by atomic mass is 10.1. The normalized spacial score (nSPS) is 10.7. The van der Waals surface area contributed by atoms with E-state index in [1.165, 1.54) is 11.3 Å². The first-order valence-electron chi connectivity index (χ1n) is 7.70. The van der Waals surface area contributed by atoms with Crippen LogP contribution in [0.3, 0.4) is 0 Å². The zero-order valence-electron chi connectivity index (χ0n) is 13.8. The van der Waals surface area contributed by atoms with E-state index in [2.05, 4.69) is 26.2 Å². The molecule has 1 amide bonds. The van der Waals surface area contributed by atoms with E-state index in [0.29, 0.717) is 15.7 Å². The molecule has 1 N–H and O–H groups in total. The predicted octanol–water partition coefficient (Wildman–Crippen LogP) is 6.02. The lowest BCUT2D eigenvalue weighted by Gasteiger charge is -2.02. The topological polar surface area (TPSA) is 42.0 Å². The number of carbonyl (C=O) groups is 1. The van der Waals surface area contributed by atoms with Gasteiger partial charge in [0.05, 0.1) is 10.7 Å². The van der Waals surface area contributed by atoms with Crippen LogP contribution in [-0.4, -0.2) is 10.9 Å². The van der Waals surface area contributed by atoms with E-state index < -0.39 is 0 Å². The largest absolute Gasteiger partial charge is 0.298 e. The van der Waals surface area contributed by atoms with Crippen molar-refractivity contribution in [3.8, 4) is 0 Å². The smallest absolute Gasteiger partial charge is 0.257 e. The Kier molecular flexibility index (Phi) is 5.57. The van der Waals surface area contributed by atoms with Crippen LogP contribution in [0.5, 0.6) is 0 Å². The second kappa shape index (κ2) is 7.68. The Bertz CT molecular complexity index is 922. The maximum Gasteiger partial charge on any atom is 0.257 e. The third kappa shape index (κ3) is 4.48. The zero-order valence-corrected chi connectivity index (χ0v) is 16.9. The Hall–Kier alpha value is -1.69. The molecular weight excluding hydrogens is 420 g/mol. The number of rotatable bonds is 4. The molecule has 0 radical (unpaired) electrons. The van der Waals surface area contributed by atoms with E-state index in [1.54, 1.807) is 0 Å². The van der Waals surface area contributed by atoms with E-state index in [1.807, 2.05) is 56.3 Å². The Morgan fingerprint density at radius 2 is 1.92 bits per heavy atom. The number of carbonyl (C=O) groups excluding carboxylic acids is 1. The minimum absolute atomic E-state index is 0.146. The van der Waals surface area contributed by atoms with Crippen LogP contribution in [0.25, 0.3) is 0 Å². The molecule has 0 saturated heterocycles. The summed E-state index contributed by atoms with van der Waals surface area (Å²) in [6, 6.07) is 13.4. The van der Waals surface area contributed by atoms with Crippen molar-refractivity contribution in [1.29, 1.82) is 0 Å². The van der Waals surface area contributed by atoms with Gasteiger partial charge in [0.25, 0.3) is 5.91 Å². The van der Waals surface area contributed by atoms with Crippen LogP contribution < -0.4 is 5.32 Å². The molecule has 1 aromatic heterocycles. The number of hydrogen-bond acceptors (Lipinski definition) is 3. The van der Waals surface area contributed by atoms with Gasteiger partial charge in [-0.3, -0.25) is 10.1 Å². The van der Waals surface area contributed by atoms with Gasteiger partial charge in [-0.25, -0.2) is 4.98 Å². The standard InChI is InChI=1S/C19H16BrClN2OS/c1-11-3-6-14(7-4-11)18(24)23-19-22-12(2)17(25-19)10-13-5-8-15(20)16(21)9-13/h3-9H,10H2,1-2H3,(H,22,23,24). The molecule has 0 atom stereocenters. The van der Waals surface area contributed by atoms with Gasteiger partial charge in [0.2, 0.25) is 0 Å². The van der Waals surface area contributed by atoms with Gasteiger partial charge in [-0.1, -0.05) is 35.4 Å². The Morgan fingerprint density at radius 1 is 1.20 bits per heavy atom. The second-order valence-corrected chi connectivity index (χ2v) is 8.12. The van der Waals surface area contributed by atoms with E-state index >= 15 is 0 Å². The molecule has 3 aromatic rings. The number of aromatic nitrogens is 1. The second-order valence-electron chi connectivity index (χ2n) is 5.77. The number of halogens is 2. The van der Waals surface area contributed by atoms with Crippen LogP contribution in [-0.2, 0) is 6.42 Å². The zero-order chi connectivity index (χ0) is 18.0. The average molecular weight is 436 g/mol. The average Bonchev–Trinajstić information content (AvgIpc) is 2.91. The van der Waals surface area contributed by atoms with Gasteiger partial charge in [0.15, 0.2) is 5.13 Å². The SMILES string of the molecule is Cc1ccc(C(=O)Nc2nc(C)c(Cc3ccc(Br)c(Cl)c3)s2)cc1. The summed E-state index contributed by atoms with van der Waals surface area (Å²) in [7, 11) is 0. The Labute approximate surface area is 164 Å². The molecule has 0 aliphatic rings. The van der Waals surface area contributed by atoms with Crippen LogP contribution in [0.2, 0.25) is 5.02 Å². The third-order valence-corrected chi connectivity index (χ3v) is 6.08. The van der Waals surface area contributed by atoms with Crippen molar-refractivity contribution in [3.63, 3.8) is 0 Å². The molecule has 0 aliphatic carbocycles.